The van der Waals surface area contributed by atoms with Crippen molar-refractivity contribution in [2.75, 3.05) is 4.90 Å². The Bertz CT molecular complexity index is 1970. The standard InChI is InChI=1S/C40H30N2/c1-2-8-29(9-3-1)34-26-35(30-14-18-37(19-15-30)41-24-22-32-10-4-6-12-39(32)41)28-36(27-34)31-16-20-38(21-17-31)42-25-23-33-11-5-7-13-40(33)42/h1-28,32,39H. The molecule has 2 aliphatic rings. The van der Waals surface area contributed by atoms with Crippen molar-refractivity contribution in [2.45, 2.75) is 6.04 Å². The van der Waals surface area contributed by atoms with Gasteiger partial charge in [0.25, 0.3) is 0 Å². The van der Waals surface area contributed by atoms with Crippen LogP contribution in [0.2, 0.25) is 0 Å². The molecule has 5 aromatic carbocycles. The number of benzene rings is 5. The van der Waals surface area contributed by atoms with Gasteiger partial charge in [-0.3, -0.25) is 0 Å². The highest BCUT2D eigenvalue weighted by molar-refractivity contribution is 5.84. The van der Waals surface area contributed by atoms with Gasteiger partial charge in [-0.05, 0) is 93.4 Å². The van der Waals surface area contributed by atoms with Gasteiger partial charge in [0, 0.05) is 29.7 Å². The maximum atomic E-state index is 2.37. The largest absolute Gasteiger partial charge is 0.340 e. The summed E-state index contributed by atoms with van der Waals surface area (Å²) >= 11 is 0. The normalized spacial score (nSPS) is 17.2. The molecule has 42 heavy (non-hydrogen) atoms. The average molecular weight is 539 g/mol. The van der Waals surface area contributed by atoms with Crippen molar-refractivity contribution in [3.05, 3.63) is 170 Å². The molecule has 8 rings (SSSR count). The Balaban J connectivity index is 1.15. The van der Waals surface area contributed by atoms with Gasteiger partial charge in [-0.15, -0.1) is 0 Å². The fraction of sp³-hybridized carbons (Fsp3) is 0.0500. The Morgan fingerprint density at radius 1 is 0.452 bits per heavy atom. The number of anilines is 1. The summed E-state index contributed by atoms with van der Waals surface area (Å²) in [6, 6.07) is 46.6. The zero-order valence-corrected chi connectivity index (χ0v) is 23.2. The van der Waals surface area contributed by atoms with E-state index >= 15 is 0 Å². The van der Waals surface area contributed by atoms with E-state index in [4.69, 9.17) is 0 Å². The Hall–Kier alpha value is -5.34. The summed E-state index contributed by atoms with van der Waals surface area (Å²) in [5, 5.41) is 1.25. The van der Waals surface area contributed by atoms with Crippen molar-refractivity contribution in [3.8, 4) is 39.1 Å². The topological polar surface area (TPSA) is 8.17 Å². The van der Waals surface area contributed by atoms with E-state index < -0.39 is 0 Å². The molecule has 200 valence electrons. The lowest BCUT2D eigenvalue weighted by Gasteiger charge is -2.27. The lowest BCUT2D eigenvalue weighted by atomic mass is 9.93. The monoisotopic (exact) mass is 538 g/mol. The van der Waals surface area contributed by atoms with Crippen LogP contribution in [-0.4, -0.2) is 10.6 Å². The molecule has 6 aromatic rings. The van der Waals surface area contributed by atoms with E-state index in [0.717, 1.165) is 5.69 Å². The van der Waals surface area contributed by atoms with Gasteiger partial charge in [-0.25, -0.2) is 0 Å². The van der Waals surface area contributed by atoms with Crippen LogP contribution in [0.1, 0.15) is 0 Å². The van der Waals surface area contributed by atoms with Gasteiger partial charge >= 0.3 is 0 Å². The van der Waals surface area contributed by atoms with E-state index in [1.54, 1.807) is 0 Å². The van der Waals surface area contributed by atoms with Gasteiger partial charge < -0.3 is 9.47 Å². The first kappa shape index (κ1) is 24.5. The number of aromatic nitrogens is 1. The van der Waals surface area contributed by atoms with Gasteiger partial charge in [0.2, 0.25) is 0 Å². The molecule has 2 nitrogen and oxygen atoms in total. The summed E-state index contributed by atoms with van der Waals surface area (Å²) < 4.78 is 2.25. The molecule has 2 heterocycles. The van der Waals surface area contributed by atoms with Crippen molar-refractivity contribution in [3.63, 3.8) is 0 Å². The molecule has 1 aromatic heterocycles. The minimum absolute atomic E-state index is 0.362. The van der Waals surface area contributed by atoms with Crippen LogP contribution in [0.15, 0.2) is 170 Å². The van der Waals surface area contributed by atoms with Crippen molar-refractivity contribution in [1.29, 1.82) is 0 Å². The number of para-hydroxylation sites is 1. The van der Waals surface area contributed by atoms with Crippen molar-refractivity contribution in [1.82, 2.24) is 4.57 Å². The molecule has 0 saturated carbocycles. The van der Waals surface area contributed by atoms with Crippen LogP contribution in [0.5, 0.6) is 0 Å². The summed E-state index contributed by atoms with van der Waals surface area (Å²) in [4.78, 5) is 2.37. The molecule has 2 atom stereocenters. The van der Waals surface area contributed by atoms with E-state index in [2.05, 4.69) is 180 Å². The lowest BCUT2D eigenvalue weighted by molar-refractivity contribution is 0.702. The van der Waals surface area contributed by atoms with Gasteiger partial charge in [0.15, 0.2) is 0 Å². The Morgan fingerprint density at radius 2 is 1.05 bits per heavy atom. The molecule has 0 fully saturated rings. The first-order chi connectivity index (χ1) is 20.8. The quantitative estimate of drug-likeness (QED) is 0.212. The molecular formula is C40H30N2. The molecule has 1 aliphatic heterocycles. The zero-order valence-electron chi connectivity index (χ0n) is 23.2. The highest BCUT2D eigenvalue weighted by Gasteiger charge is 2.27. The molecule has 2 heteroatoms. The molecule has 0 saturated heterocycles. The van der Waals surface area contributed by atoms with Crippen LogP contribution in [0.4, 0.5) is 5.69 Å². The van der Waals surface area contributed by atoms with E-state index in [1.807, 2.05) is 0 Å². The second-order valence-corrected chi connectivity index (χ2v) is 11.1. The molecule has 2 unspecified atom stereocenters. The molecule has 0 amide bonds. The van der Waals surface area contributed by atoms with Gasteiger partial charge in [-0.2, -0.15) is 0 Å². The average Bonchev–Trinajstić information content (AvgIpc) is 3.70. The van der Waals surface area contributed by atoms with Crippen LogP contribution < -0.4 is 4.90 Å². The van der Waals surface area contributed by atoms with E-state index in [0.29, 0.717) is 12.0 Å². The summed E-state index contributed by atoms with van der Waals surface area (Å²) in [6.45, 7) is 0. The molecule has 0 bridgehead atoms. The summed E-state index contributed by atoms with van der Waals surface area (Å²) in [5.74, 6) is 0.447. The van der Waals surface area contributed by atoms with E-state index in [1.165, 1.54) is 50.0 Å². The minimum atomic E-state index is 0.362. The smallest absolute Gasteiger partial charge is 0.0617 e. The summed E-state index contributed by atoms with van der Waals surface area (Å²) in [6.07, 6.45) is 15.5. The Kier molecular flexibility index (Phi) is 5.97. The Morgan fingerprint density at radius 3 is 1.76 bits per heavy atom. The molecule has 1 aliphatic carbocycles. The maximum Gasteiger partial charge on any atom is 0.0617 e. The second kappa shape index (κ2) is 10.2. The zero-order chi connectivity index (χ0) is 27.9. The number of nitrogens with zero attached hydrogens (tertiary/aromatic N) is 2. The predicted molar refractivity (Wildman–Crippen MR) is 177 cm³/mol. The lowest BCUT2D eigenvalue weighted by Crippen LogP contribution is -2.29. The van der Waals surface area contributed by atoms with Gasteiger partial charge in [0.1, 0.15) is 0 Å². The molecule has 0 N–H and O–H groups in total. The van der Waals surface area contributed by atoms with Crippen LogP contribution in [-0.2, 0) is 0 Å². The van der Waals surface area contributed by atoms with Crippen LogP contribution in [0.3, 0.4) is 0 Å². The van der Waals surface area contributed by atoms with Crippen LogP contribution in [0.25, 0.3) is 50.0 Å². The van der Waals surface area contributed by atoms with E-state index in [-0.39, 0.29) is 0 Å². The van der Waals surface area contributed by atoms with Crippen molar-refractivity contribution in [2.24, 2.45) is 5.92 Å². The Labute approximate surface area is 246 Å². The van der Waals surface area contributed by atoms with Crippen LogP contribution in [0, 0.1) is 5.92 Å². The number of hydrogen-bond donors (Lipinski definition) is 0. The first-order valence-electron chi connectivity index (χ1n) is 14.6. The number of rotatable bonds is 5. The first-order valence-corrected chi connectivity index (χ1v) is 14.6. The van der Waals surface area contributed by atoms with E-state index in [9.17, 15) is 0 Å². The highest BCUT2D eigenvalue weighted by Crippen LogP contribution is 2.36. The predicted octanol–water partition coefficient (Wildman–Crippen LogP) is 10.1. The second-order valence-electron chi connectivity index (χ2n) is 11.1. The van der Waals surface area contributed by atoms with Crippen LogP contribution >= 0.6 is 0 Å². The third-order valence-electron chi connectivity index (χ3n) is 8.55. The van der Waals surface area contributed by atoms with Gasteiger partial charge in [-0.1, -0.05) is 103 Å². The van der Waals surface area contributed by atoms with Crippen molar-refractivity contribution < 1.29 is 0 Å². The summed E-state index contributed by atoms with van der Waals surface area (Å²) in [5.41, 5.74) is 10.9. The maximum absolute atomic E-state index is 2.37. The SMILES string of the molecule is C1=CC2C=CN(c3ccc(-c4cc(-c5ccccc5)cc(-c5ccc(-n6ccc7ccccc76)cc5)c4)cc3)C2C=C1. The molecule has 0 spiro atoms. The molecule has 0 radical (unpaired) electrons. The van der Waals surface area contributed by atoms with Crippen molar-refractivity contribution >= 4 is 16.6 Å². The minimum Gasteiger partial charge on any atom is -0.340 e. The highest BCUT2D eigenvalue weighted by atomic mass is 15.2. The summed E-state index contributed by atoms with van der Waals surface area (Å²) in [7, 11) is 0. The fourth-order valence-electron chi connectivity index (χ4n) is 6.33. The third kappa shape index (κ3) is 4.38. The third-order valence-corrected chi connectivity index (χ3v) is 8.55. The number of hydrogen-bond acceptors (Lipinski definition) is 1. The number of allylic oxidation sites excluding steroid dienone is 2. The fourth-order valence-corrected chi connectivity index (χ4v) is 6.33. The van der Waals surface area contributed by atoms with Gasteiger partial charge in [0.05, 0.1) is 11.6 Å². The molecular weight excluding hydrogens is 508 g/mol. The number of fused-ring (bicyclic) bond motifs is 2.